The van der Waals surface area contributed by atoms with Crippen molar-refractivity contribution >= 4 is 45.2 Å². The monoisotopic (exact) mass is 442 g/mol. The fraction of sp³-hybridized carbons (Fsp3) is 0.364. The van der Waals surface area contributed by atoms with Crippen molar-refractivity contribution in [2.75, 3.05) is 6.61 Å². The second-order valence-electron chi connectivity index (χ2n) is 7.44. The Bertz CT molecular complexity index is 1240. The number of hydrogen-bond donors (Lipinski definition) is 1. The van der Waals surface area contributed by atoms with Gasteiger partial charge in [-0.25, -0.2) is 9.79 Å². The molecule has 0 atom stereocenters. The van der Waals surface area contributed by atoms with E-state index in [9.17, 15) is 20.0 Å². The van der Waals surface area contributed by atoms with Gasteiger partial charge in [0.25, 0.3) is 0 Å². The number of fused-ring (bicyclic) bond motifs is 3. The van der Waals surface area contributed by atoms with E-state index in [1.807, 2.05) is 13.8 Å². The van der Waals surface area contributed by atoms with E-state index in [-0.39, 0.29) is 12.2 Å². The minimum atomic E-state index is -0.642. The summed E-state index contributed by atoms with van der Waals surface area (Å²) < 4.78 is 11.1. The summed E-state index contributed by atoms with van der Waals surface area (Å²) in [6.07, 6.45) is 4.88. The first-order chi connectivity index (χ1) is 14.8. The number of carbonyl (C=O) groups is 1. The zero-order valence-electron chi connectivity index (χ0n) is 17.5. The average Bonchev–Trinajstić information content (AvgIpc) is 3.24. The number of esters is 1. The highest BCUT2D eigenvalue weighted by molar-refractivity contribution is 7.16. The van der Waals surface area contributed by atoms with Gasteiger partial charge in [-0.1, -0.05) is 0 Å². The number of nitro benzene ring substituents is 1. The van der Waals surface area contributed by atoms with Crippen LogP contribution < -0.4 is 0 Å². The molecular weight excluding hydrogens is 420 g/mol. The third-order valence-corrected chi connectivity index (χ3v) is 6.70. The molecule has 1 aliphatic carbocycles. The minimum absolute atomic E-state index is 0.231. The van der Waals surface area contributed by atoms with Gasteiger partial charge in [-0.3, -0.25) is 10.1 Å². The Morgan fingerprint density at radius 1 is 1.39 bits per heavy atom. The summed E-state index contributed by atoms with van der Waals surface area (Å²) in [6, 6.07) is 1.27. The summed E-state index contributed by atoms with van der Waals surface area (Å²) in [4.78, 5) is 28.7. The molecule has 1 aromatic carbocycles. The maximum Gasteiger partial charge on any atom is 0.341 e. The molecule has 8 nitrogen and oxygen atoms in total. The number of phenols is 1. The van der Waals surface area contributed by atoms with Gasteiger partial charge in [-0.15, -0.1) is 11.3 Å². The van der Waals surface area contributed by atoms with Gasteiger partial charge in [0, 0.05) is 28.5 Å². The van der Waals surface area contributed by atoms with E-state index in [0.29, 0.717) is 21.5 Å². The Morgan fingerprint density at radius 3 is 2.84 bits per heavy atom. The van der Waals surface area contributed by atoms with Crippen LogP contribution in [0.3, 0.4) is 0 Å². The smallest absolute Gasteiger partial charge is 0.341 e. The number of thiophene rings is 1. The zero-order valence-corrected chi connectivity index (χ0v) is 18.3. The van der Waals surface area contributed by atoms with Crippen molar-refractivity contribution in [2.24, 2.45) is 4.99 Å². The summed E-state index contributed by atoms with van der Waals surface area (Å²) in [7, 11) is 0. The number of aromatic hydroxyl groups is 1. The molecule has 0 spiro atoms. The predicted molar refractivity (Wildman–Crippen MR) is 118 cm³/mol. The molecule has 31 heavy (non-hydrogen) atoms. The van der Waals surface area contributed by atoms with Gasteiger partial charge in [0.1, 0.15) is 16.3 Å². The number of ether oxygens (including phenoxy) is 1. The Hall–Kier alpha value is -3.20. The number of rotatable bonds is 5. The van der Waals surface area contributed by atoms with E-state index in [4.69, 9.17) is 9.15 Å². The van der Waals surface area contributed by atoms with Crippen molar-refractivity contribution in [1.82, 2.24) is 0 Å². The van der Waals surface area contributed by atoms with Crippen LogP contribution in [0.4, 0.5) is 10.7 Å². The van der Waals surface area contributed by atoms with E-state index >= 15 is 0 Å². The van der Waals surface area contributed by atoms with Crippen LogP contribution in [0.2, 0.25) is 0 Å². The van der Waals surface area contributed by atoms with Gasteiger partial charge in [-0.2, -0.15) is 0 Å². The molecule has 0 radical (unpaired) electrons. The normalized spacial score (nSPS) is 13.6. The largest absolute Gasteiger partial charge is 0.502 e. The fourth-order valence-electron chi connectivity index (χ4n) is 3.96. The van der Waals surface area contributed by atoms with E-state index in [2.05, 4.69) is 4.99 Å². The Balaban J connectivity index is 1.91. The van der Waals surface area contributed by atoms with Crippen LogP contribution in [0.25, 0.3) is 11.0 Å². The van der Waals surface area contributed by atoms with Crippen LogP contribution in [0.5, 0.6) is 5.75 Å². The molecule has 0 saturated heterocycles. The number of aliphatic imine (C=N–C) groups is 1. The van der Waals surface area contributed by atoms with E-state index in [0.717, 1.165) is 47.4 Å². The maximum absolute atomic E-state index is 12.4. The highest BCUT2D eigenvalue weighted by Gasteiger charge is 2.28. The average molecular weight is 442 g/mol. The Morgan fingerprint density at radius 2 is 2.13 bits per heavy atom. The highest BCUT2D eigenvalue weighted by Crippen LogP contribution is 2.42. The lowest BCUT2D eigenvalue weighted by atomic mass is 9.93. The molecule has 0 fully saturated rings. The lowest BCUT2D eigenvalue weighted by molar-refractivity contribution is -0.385. The molecule has 1 N–H and O–H groups in total. The predicted octanol–water partition coefficient (Wildman–Crippen LogP) is 5.53. The van der Waals surface area contributed by atoms with Gasteiger partial charge in [0.15, 0.2) is 0 Å². The van der Waals surface area contributed by atoms with Crippen LogP contribution in [0.1, 0.15) is 57.5 Å². The molecule has 0 amide bonds. The summed E-state index contributed by atoms with van der Waals surface area (Å²) in [6.45, 7) is 5.68. The number of nitrogens with zero attached hydrogens (tertiary/aromatic N) is 2. The third kappa shape index (κ3) is 3.59. The molecule has 2 aromatic heterocycles. The summed E-state index contributed by atoms with van der Waals surface area (Å²) in [5.74, 6) is -0.130. The van der Waals surface area contributed by atoms with Crippen molar-refractivity contribution in [2.45, 2.75) is 46.5 Å². The molecule has 9 heteroatoms. The number of furan rings is 1. The third-order valence-electron chi connectivity index (χ3n) is 5.59. The quantitative estimate of drug-likeness (QED) is 0.240. The Kier molecular flexibility index (Phi) is 5.53. The van der Waals surface area contributed by atoms with E-state index in [1.165, 1.54) is 23.6 Å². The lowest BCUT2D eigenvalue weighted by Crippen LogP contribution is -2.05. The highest BCUT2D eigenvalue weighted by atomic mass is 32.1. The van der Waals surface area contributed by atoms with Crippen LogP contribution in [0, 0.1) is 24.0 Å². The van der Waals surface area contributed by atoms with Crippen molar-refractivity contribution in [3.8, 4) is 5.75 Å². The van der Waals surface area contributed by atoms with Crippen molar-refractivity contribution in [1.29, 1.82) is 0 Å². The number of nitro groups is 1. The second kappa shape index (κ2) is 8.14. The molecule has 162 valence electrons. The number of carbonyl (C=O) groups excluding carboxylic acids is 1. The Labute approximate surface area is 182 Å². The number of hydrogen-bond acceptors (Lipinski definition) is 8. The van der Waals surface area contributed by atoms with Crippen molar-refractivity contribution < 1.29 is 24.0 Å². The molecule has 3 aromatic rings. The molecule has 0 saturated carbocycles. The first-order valence-electron chi connectivity index (χ1n) is 10.1. The van der Waals surface area contributed by atoms with Gasteiger partial charge in [-0.05, 0) is 45.6 Å². The molecule has 2 heterocycles. The second-order valence-corrected chi connectivity index (χ2v) is 8.64. The SMILES string of the molecule is CCOC(=O)c1c(N=Cc2c(O)c([N+](=O)[O-])cc3oc4c(c23)CCCC4)sc(C)c1C. The van der Waals surface area contributed by atoms with Crippen LogP contribution in [0.15, 0.2) is 15.5 Å². The number of aryl methyl sites for hydroxylation is 3. The molecule has 0 bridgehead atoms. The number of phenolic OH excluding ortho intramolecular Hbond substituents is 1. The van der Waals surface area contributed by atoms with E-state index in [1.54, 1.807) is 6.92 Å². The van der Waals surface area contributed by atoms with Crippen LogP contribution in [-0.4, -0.2) is 28.8 Å². The summed E-state index contributed by atoms with van der Waals surface area (Å²) >= 11 is 1.33. The van der Waals surface area contributed by atoms with E-state index < -0.39 is 22.3 Å². The minimum Gasteiger partial charge on any atom is -0.502 e. The van der Waals surface area contributed by atoms with Crippen molar-refractivity contribution in [3.05, 3.63) is 49.1 Å². The molecule has 1 aliphatic rings. The lowest BCUT2D eigenvalue weighted by Gasteiger charge is -2.10. The molecule has 4 rings (SSSR count). The first kappa shape index (κ1) is 21.0. The van der Waals surface area contributed by atoms with Crippen LogP contribution >= 0.6 is 11.3 Å². The van der Waals surface area contributed by atoms with Gasteiger partial charge in [0.05, 0.1) is 28.7 Å². The topological polar surface area (TPSA) is 115 Å². The molecular formula is C22H22N2O6S. The fourth-order valence-corrected chi connectivity index (χ4v) is 4.95. The molecule has 0 unspecified atom stereocenters. The maximum atomic E-state index is 12.4. The van der Waals surface area contributed by atoms with Gasteiger partial charge in [0.2, 0.25) is 5.75 Å². The first-order valence-corrected chi connectivity index (χ1v) is 10.9. The summed E-state index contributed by atoms with van der Waals surface area (Å²) in [5.41, 5.74) is 2.26. The van der Waals surface area contributed by atoms with Gasteiger partial charge >= 0.3 is 11.7 Å². The van der Waals surface area contributed by atoms with Crippen molar-refractivity contribution in [3.63, 3.8) is 0 Å². The standard InChI is InChI=1S/C22H22N2O6S/c1-4-29-22(26)18-11(2)12(3)31-21(18)23-10-14-19-13-7-5-6-8-16(13)30-17(19)9-15(20(14)25)24(27)28/h9-10,25H,4-8H2,1-3H3. The van der Waals surface area contributed by atoms with Gasteiger partial charge < -0.3 is 14.3 Å². The molecule has 0 aliphatic heterocycles. The zero-order chi connectivity index (χ0) is 22.3. The van der Waals surface area contributed by atoms with Crippen LogP contribution in [-0.2, 0) is 17.6 Å². The summed E-state index contributed by atoms with van der Waals surface area (Å²) in [5, 5.41) is 23.3. The number of benzene rings is 1.